The fraction of sp³-hybridized carbons (Fsp3) is 0.300. The van der Waals surface area contributed by atoms with E-state index in [0.29, 0.717) is 5.56 Å². The number of rotatable bonds is 3. The van der Waals surface area contributed by atoms with Crippen LogP contribution in [0, 0.1) is 5.82 Å². The molecule has 1 aliphatic rings. The van der Waals surface area contributed by atoms with Crippen molar-refractivity contribution in [2.45, 2.75) is 18.9 Å². The van der Waals surface area contributed by atoms with Gasteiger partial charge in [-0.15, -0.1) is 0 Å². The standard InChI is InChI=1S/C20H21FN4O/c1-24(17-8-10-22-11-9-17)20(26)15-4-7-19-23-18(13-25(19)12-15)14-2-5-16(21)6-3-14/h2-7,12-13,17,22H,8-11H2,1H3. The van der Waals surface area contributed by atoms with Crippen LogP contribution in [0.2, 0.25) is 0 Å². The van der Waals surface area contributed by atoms with Gasteiger partial charge in [0.15, 0.2) is 0 Å². The number of carbonyl (C=O) groups is 1. The quantitative estimate of drug-likeness (QED) is 0.788. The summed E-state index contributed by atoms with van der Waals surface area (Å²) in [5.74, 6) is -0.248. The molecule has 1 aliphatic heterocycles. The fourth-order valence-electron chi connectivity index (χ4n) is 3.44. The maximum Gasteiger partial charge on any atom is 0.255 e. The summed E-state index contributed by atoms with van der Waals surface area (Å²) in [5.41, 5.74) is 2.99. The second-order valence-electron chi connectivity index (χ2n) is 6.71. The molecule has 3 aromatic rings. The number of nitrogens with one attached hydrogen (secondary N) is 1. The van der Waals surface area contributed by atoms with E-state index < -0.39 is 0 Å². The van der Waals surface area contributed by atoms with Crippen LogP contribution in [-0.4, -0.2) is 46.4 Å². The van der Waals surface area contributed by atoms with E-state index >= 15 is 0 Å². The Bertz CT molecular complexity index is 929. The highest BCUT2D eigenvalue weighted by atomic mass is 19.1. The number of benzene rings is 1. The monoisotopic (exact) mass is 352 g/mol. The first-order valence-electron chi connectivity index (χ1n) is 8.84. The number of fused-ring (bicyclic) bond motifs is 1. The molecule has 2 aromatic heterocycles. The molecule has 0 spiro atoms. The Hall–Kier alpha value is -2.73. The number of aromatic nitrogens is 2. The summed E-state index contributed by atoms with van der Waals surface area (Å²) >= 11 is 0. The number of hydrogen-bond donors (Lipinski definition) is 1. The summed E-state index contributed by atoms with van der Waals surface area (Å²) in [6.07, 6.45) is 5.63. The van der Waals surface area contributed by atoms with Crippen molar-refractivity contribution in [3.05, 3.63) is 60.2 Å². The van der Waals surface area contributed by atoms with Gasteiger partial charge in [-0.3, -0.25) is 4.79 Å². The predicted molar refractivity (Wildman–Crippen MR) is 98.6 cm³/mol. The molecule has 0 aliphatic carbocycles. The van der Waals surface area contributed by atoms with Crippen LogP contribution in [-0.2, 0) is 0 Å². The molecule has 4 rings (SSSR count). The van der Waals surface area contributed by atoms with Gasteiger partial charge in [-0.2, -0.15) is 0 Å². The molecular formula is C20H21FN4O. The SMILES string of the molecule is CN(C(=O)c1ccc2nc(-c3ccc(F)cc3)cn2c1)C1CCNCC1. The van der Waals surface area contributed by atoms with Crippen molar-refractivity contribution in [2.24, 2.45) is 0 Å². The van der Waals surface area contributed by atoms with Crippen LogP contribution in [0.25, 0.3) is 16.9 Å². The van der Waals surface area contributed by atoms with Crippen LogP contribution in [0.1, 0.15) is 23.2 Å². The molecule has 3 heterocycles. The Labute approximate surface area is 151 Å². The van der Waals surface area contributed by atoms with E-state index in [1.807, 2.05) is 40.9 Å². The zero-order valence-electron chi connectivity index (χ0n) is 14.7. The summed E-state index contributed by atoms with van der Waals surface area (Å²) in [6.45, 7) is 1.90. The van der Waals surface area contributed by atoms with Gasteiger partial charge < -0.3 is 14.6 Å². The highest BCUT2D eigenvalue weighted by molar-refractivity contribution is 5.94. The first-order valence-corrected chi connectivity index (χ1v) is 8.84. The molecule has 0 unspecified atom stereocenters. The highest BCUT2D eigenvalue weighted by Crippen LogP contribution is 2.21. The van der Waals surface area contributed by atoms with Gasteiger partial charge in [-0.05, 0) is 62.3 Å². The number of piperidine rings is 1. The van der Waals surface area contributed by atoms with Gasteiger partial charge in [0.2, 0.25) is 0 Å². The van der Waals surface area contributed by atoms with Crippen molar-refractivity contribution < 1.29 is 9.18 Å². The van der Waals surface area contributed by atoms with Crippen LogP contribution in [0.15, 0.2) is 48.8 Å². The summed E-state index contributed by atoms with van der Waals surface area (Å²) < 4.78 is 15.0. The smallest absolute Gasteiger partial charge is 0.255 e. The molecule has 5 nitrogen and oxygen atoms in total. The average Bonchev–Trinajstić information content (AvgIpc) is 3.11. The molecule has 6 heteroatoms. The first-order chi connectivity index (χ1) is 12.6. The normalized spacial score (nSPS) is 15.3. The number of halogens is 1. The molecule has 26 heavy (non-hydrogen) atoms. The van der Waals surface area contributed by atoms with Crippen molar-refractivity contribution in [2.75, 3.05) is 20.1 Å². The van der Waals surface area contributed by atoms with Crippen molar-refractivity contribution in [3.8, 4) is 11.3 Å². The molecule has 1 aromatic carbocycles. The zero-order valence-corrected chi connectivity index (χ0v) is 14.7. The van der Waals surface area contributed by atoms with Crippen LogP contribution in [0.3, 0.4) is 0 Å². The molecule has 134 valence electrons. The van der Waals surface area contributed by atoms with Crippen molar-refractivity contribution in [1.29, 1.82) is 0 Å². The third-order valence-corrected chi connectivity index (χ3v) is 5.01. The number of carbonyl (C=O) groups excluding carboxylic acids is 1. The molecular weight excluding hydrogens is 331 g/mol. The number of imidazole rings is 1. The van der Waals surface area contributed by atoms with Gasteiger partial charge >= 0.3 is 0 Å². The maximum absolute atomic E-state index is 13.1. The average molecular weight is 352 g/mol. The van der Waals surface area contributed by atoms with Crippen LogP contribution >= 0.6 is 0 Å². The molecule has 0 atom stereocenters. The summed E-state index contributed by atoms with van der Waals surface area (Å²) in [5, 5.41) is 3.32. The zero-order chi connectivity index (χ0) is 18.1. The highest BCUT2D eigenvalue weighted by Gasteiger charge is 2.23. The number of amides is 1. The van der Waals surface area contributed by atoms with Crippen molar-refractivity contribution in [3.63, 3.8) is 0 Å². The predicted octanol–water partition coefficient (Wildman–Crippen LogP) is 2.96. The fourth-order valence-corrected chi connectivity index (χ4v) is 3.44. The second-order valence-corrected chi connectivity index (χ2v) is 6.71. The van der Waals surface area contributed by atoms with Gasteiger partial charge in [0, 0.05) is 31.0 Å². The molecule has 0 saturated carbocycles. The number of nitrogens with zero attached hydrogens (tertiary/aromatic N) is 3. The van der Waals surface area contributed by atoms with E-state index in [1.165, 1.54) is 12.1 Å². The van der Waals surface area contributed by atoms with Crippen molar-refractivity contribution >= 4 is 11.6 Å². The van der Waals surface area contributed by atoms with E-state index in [4.69, 9.17) is 0 Å². The lowest BCUT2D eigenvalue weighted by molar-refractivity contribution is 0.0702. The Kier molecular flexibility index (Phi) is 4.42. The maximum atomic E-state index is 13.1. The lowest BCUT2D eigenvalue weighted by Crippen LogP contribution is -2.44. The molecule has 1 fully saturated rings. The summed E-state index contributed by atoms with van der Waals surface area (Å²) in [4.78, 5) is 19.2. The third-order valence-electron chi connectivity index (χ3n) is 5.01. The lowest BCUT2D eigenvalue weighted by atomic mass is 10.0. The minimum atomic E-state index is -0.272. The van der Waals surface area contributed by atoms with Crippen LogP contribution in [0.4, 0.5) is 4.39 Å². The van der Waals surface area contributed by atoms with Crippen LogP contribution < -0.4 is 5.32 Å². The van der Waals surface area contributed by atoms with Gasteiger partial charge in [0.25, 0.3) is 5.91 Å². The summed E-state index contributed by atoms with van der Waals surface area (Å²) in [6, 6.07) is 10.2. The first kappa shape index (κ1) is 16.7. The molecule has 1 N–H and O–H groups in total. The number of hydrogen-bond acceptors (Lipinski definition) is 3. The van der Waals surface area contributed by atoms with Gasteiger partial charge in [0.05, 0.1) is 11.3 Å². The van der Waals surface area contributed by atoms with E-state index in [2.05, 4.69) is 10.3 Å². The largest absolute Gasteiger partial charge is 0.339 e. The van der Waals surface area contributed by atoms with Gasteiger partial charge in [-0.25, -0.2) is 9.37 Å². The molecule has 0 radical (unpaired) electrons. The van der Waals surface area contributed by atoms with E-state index in [0.717, 1.165) is 42.8 Å². The number of pyridine rings is 1. The third kappa shape index (κ3) is 3.20. The second kappa shape index (κ2) is 6.88. The topological polar surface area (TPSA) is 49.6 Å². The Morgan fingerprint density at radius 2 is 1.88 bits per heavy atom. The molecule has 1 saturated heterocycles. The van der Waals surface area contributed by atoms with E-state index in [-0.39, 0.29) is 17.8 Å². The minimum Gasteiger partial charge on any atom is -0.339 e. The van der Waals surface area contributed by atoms with Crippen molar-refractivity contribution in [1.82, 2.24) is 19.6 Å². The van der Waals surface area contributed by atoms with Gasteiger partial charge in [0.1, 0.15) is 11.5 Å². The Morgan fingerprint density at radius 3 is 2.62 bits per heavy atom. The minimum absolute atomic E-state index is 0.0239. The van der Waals surface area contributed by atoms with Crippen LogP contribution in [0.5, 0.6) is 0 Å². The Morgan fingerprint density at radius 1 is 1.15 bits per heavy atom. The van der Waals surface area contributed by atoms with Gasteiger partial charge in [-0.1, -0.05) is 0 Å². The lowest BCUT2D eigenvalue weighted by Gasteiger charge is -2.31. The van der Waals surface area contributed by atoms with E-state index in [9.17, 15) is 9.18 Å². The summed E-state index contributed by atoms with van der Waals surface area (Å²) in [7, 11) is 1.88. The molecule has 0 bridgehead atoms. The molecule has 1 amide bonds. The van der Waals surface area contributed by atoms with E-state index in [1.54, 1.807) is 12.1 Å². The Balaban J connectivity index is 1.60.